The highest BCUT2D eigenvalue weighted by Gasteiger charge is 2.14. The number of nitrogens with zero attached hydrogens (tertiary/aromatic N) is 2. The first kappa shape index (κ1) is 13.7. The van der Waals surface area contributed by atoms with E-state index in [1.165, 1.54) is 5.56 Å². The van der Waals surface area contributed by atoms with Crippen LogP contribution in [0.15, 0.2) is 36.7 Å². The summed E-state index contributed by atoms with van der Waals surface area (Å²) in [6.45, 7) is 4.18. The quantitative estimate of drug-likeness (QED) is 0.894. The van der Waals surface area contributed by atoms with E-state index in [1.54, 1.807) is 6.20 Å². The SMILES string of the molecule is CCc1ccc(CC(O)c2ncccc2CC)nc1. The molecule has 2 rings (SSSR count). The molecule has 0 aromatic carbocycles. The van der Waals surface area contributed by atoms with E-state index >= 15 is 0 Å². The second-order valence-corrected chi connectivity index (χ2v) is 4.63. The Hall–Kier alpha value is -1.74. The van der Waals surface area contributed by atoms with Gasteiger partial charge in [-0.05, 0) is 36.1 Å². The lowest BCUT2D eigenvalue weighted by molar-refractivity contribution is 0.171. The number of hydrogen-bond acceptors (Lipinski definition) is 3. The molecule has 1 N–H and O–H groups in total. The van der Waals surface area contributed by atoms with Crippen molar-refractivity contribution in [3.63, 3.8) is 0 Å². The van der Waals surface area contributed by atoms with Crippen molar-refractivity contribution in [2.45, 2.75) is 39.2 Å². The molecule has 2 aromatic rings. The van der Waals surface area contributed by atoms with Gasteiger partial charge in [0.25, 0.3) is 0 Å². The second kappa shape index (κ2) is 6.43. The third-order valence-corrected chi connectivity index (χ3v) is 3.32. The molecule has 0 spiro atoms. The van der Waals surface area contributed by atoms with Crippen LogP contribution < -0.4 is 0 Å². The zero-order valence-corrected chi connectivity index (χ0v) is 11.5. The summed E-state index contributed by atoms with van der Waals surface area (Å²) in [6.07, 6.45) is 5.38. The van der Waals surface area contributed by atoms with Gasteiger partial charge >= 0.3 is 0 Å². The minimum absolute atomic E-state index is 0.508. The molecule has 0 aliphatic carbocycles. The Kier molecular flexibility index (Phi) is 4.63. The molecule has 100 valence electrons. The van der Waals surface area contributed by atoms with Gasteiger partial charge < -0.3 is 5.11 Å². The van der Waals surface area contributed by atoms with Crippen LogP contribution in [0.2, 0.25) is 0 Å². The van der Waals surface area contributed by atoms with Crippen molar-refractivity contribution < 1.29 is 5.11 Å². The van der Waals surface area contributed by atoms with Crippen LogP contribution in [0.25, 0.3) is 0 Å². The highest BCUT2D eigenvalue weighted by Crippen LogP contribution is 2.19. The van der Waals surface area contributed by atoms with Gasteiger partial charge in [0.2, 0.25) is 0 Å². The fourth-order valence-electron chi connectivity index (χ4n) is 2.13. The Morgan fingerprint density at radius 1 is 1.11 bits per heavy atom. The number of aryl methyl sites for hydroxylation is 2. The van der Waals surface area contributed by atoms with Crippen LogP contribution in [-0.4, -0.2) is 15.1 Å². The third-order valence-electron chi connectivity index (χ3n) is 3.32. The van der Waals surface area contributed by atoms with Crippen LogP contribution in [0.5, 0.6) is 0 Å². The summed E-state index contributed by atoms with van der Waals surface area (Å²) in [4.78, 5) is 8.68. The van der Waals surface area contributed by atoms with Crippen molar-refractivity contribution in [2.75, 3.05) is 0 Å². The van der Waals surface area contributed by atoms with Crippen molar-refractivity contribution >= 4 is 0 Å². The average Bonchev–Trinajstić information content (AvgIpc) is 2.48. The van der Waals surface area contributed by atoms with Gasteiger partial charge in [-0.25, -0.2) is 0 Å². The number of rotatable bonds is 5. The Morgan fingerprint density at radius 2 is 1.95 bits per heavy atom. The maximum absolute atomic E-state index is 10.3. The molecule has 0 amide bonds. The molecule has 0 aliphatic rings. The highest BCUT2D eigenvalue weighted by atomic mass is 16.3. The molecule has 0 saturated carbocycles. The molecule has 0 saturated heterocycles. The van der Waals surface area contributed by atoms with Gasteiger partial charge in [0.05, 0.1) is 5.69 Å². The summed E-state index contributed by atoms with van der Waals surface area (Å²) < 4.78 is 0. The summed E-state index contributed by atoms with van der Waals surface area (Å²) in [6, 6.07) is 7.97. The average molecular weight is 256 g/mol. The van der Waals surface area contributed by atoms with E-state index in [2.05, 4.69) is 29.9 Å². The van der Waals surface area contributed by atoms with E-state index in [1.807, 2.05) is 24.4 Å². The summed E-state index contributed by atoms with van der Waals surface area (Å²) >= 11 is 0. The molecule has 1 atom stereocenters. The summed E-state index contributed by atoms with van der Waals surface area (Å²) in [7, 11) is 0. The lowest BCUT2D eigenvalue weighted by Gasteiger charge is -2.13. The predicted molar refractivity (Wildman–Crippen MR) is 75.9 cm³/mol. The lowest BCUT2D eigenvalue weighted by atomic mass is 10.0. The van der Waals surface area contributed by atoms with Crippen molar-refractivity contribution in [1.82, 2.24) is 9.97 Å². The van der Waals surface area contributed by atoms with Crippen LogP contribution >= 0.6 is 0 Å². The first-order chi connectivity index (χ1) is 9.24. The molecule has 2 heterocycles. The maximum Gasteiger partial charge on any atom is 0.102 e. The Bertz CT molecular complexity index is 523. The van der Waals surface area contributed by atoms with Gasteiger partial charge in [-0.3, -0.25) is 9.97 Å². The monoisotopic (exact) mass is 256 g/mol. The largest absolute Gasteiger partial charge is 0.386 e. The Balaban J connectivity index is 2.13. The summed E-state index contributed by atoms with van der Waals surface area (Å²) in [5, 5.41) is 10.3. The van der Waals surface area contributed by atoms with Gasteiger partial charge in [-0.15, -0.1) is 0 Å². The summed E-state index contributed by atoms with van der Waals surface area (Å²) in [5.41, 5.74) is 3.98. The molecule has 1 unspecified atom stereocenters. The van der Waals surface area contributed by atoms with Crippen LogP contribution in [0.4, 0.5) is 0 Å². The van der Waals surface area contributed by atoms with Crippen molar-refractivity contribution in [2.24, 2.45) is 0 Å². The van der Waals surface area contributed by atoms with E-state index < -0.39 is 6.10 Å². The number of aliphatic hydroxyl groups excluding tert-OH is 1. The normalized spacial score (nSPS) is 12.4. The molecule has 19 heavy (non-hydrogen) atoms. The predicted octanol–water partition coefficient (Wildman–Crippen LogP) is 2.88. The van der Waals surface area contributed by atoms with Gasteiger partial charge in [0, 0.05) is 24.5 Å². The minimum Gasteiger partial charge on any atom is -0.386 e. The summed E-state index contributed by atoms with van der Waals surface area (Å²) in [5.74, 6) is 0. The van der Waals surface area contributed by atoms with E-state index in [0.29, 0.717) is 6.42 Å². The number of aromatic nitrogens is 2. The molecule has 0 radical (unpaired) electrons. The molecule has 0 fully saturated rings. The molecule has 3 nitrogen and oxygen atoms in total. The molecule has 2 aromatic heterocycles. The van der Waals surface area contributed by atoms with Crippen LogP contribution in [-0.2, 0) is 19.3 Å². The van der Waals surface area contributed by atoms with Crippen molar-refractivity contribution in [3.8, 4) is 0 Å². The van der Waals surface area contributed by atoms with Gasteiger partial charge in [-0.2, -0.15) is 0 Å². The topological polar surface area (TPSA) is 46.0 Å². The zero-order valence-electron chi connectivity index (χ0n) is 11.5. The van der Waals surface area contributed by atoms with Crippen molar-refractivity contribution in [3.05, 3.63) is 59.2 Å². The third kappa shape index (κ3) is 3.38. The van der Waals surface area contributed by atoms with Crippen LogP contribution in [0.1, 0.15) is 42.5 Å². The molecule has 3 heteroatoms. The van der Waals surface area contributed by atoms with E-state index in [-0.39, 0.29) is 0 Å². The maximum atomic E-state index is 10.3. The number of hydrogen-bond donors (Lipinski definition) is 1. The van der Waals surface area contributed by atoms with E-state index in [9.17, 15) is 5.11 Å². The Morgan fingerprint density at radius 3 is 2.58 bits per heavy atom. The number of aliphatic hydroxyl groups is 1. The fourth-order valence-corrected chi connectivity index (χ4v) is 2.13. The van der Waals surface area contributed by atoms with Crippen LogP contribution in [0, 0.1) is 0 Å². The first-order valence-electron chi connectivity index (χ1n) is 6.80. The number of pyridine rings is 2. The van der Waals surface area contributed by atoms with Crippen molar-refractivity contribution in [1.29, 1.82) is 0 Å². The smallest absolute Gasteiger partial charge is 0.102 e. The van der Waals surface area contributed by atoms with Crippen LogP contribution in [0.3, 0.4) is 0 Å². The molecular formula is C16H20N2O. The first-order valence-corrected chi connectivity index (χ1v) is 6.80. The Labute approximate surface area is 114 Å². The van der Waals surface area contributed by atoms with Gasteiger partial charge in [-0.1, -0.05) is 26.0 Å². The van der Waals surface area contributed by atoms with Gasteiger partial charge in [0.1, 0.15) is 6.10 Å². The second-order valence-electron chi connectivity index (χ2n) is 4.63. The minimum atomic E-state index is -0.587. The lowest BCUT2D eigenvalue weighted by Crippen LogP contribution is -2.08. The molecular weight excluding hydrogens is 236 g/mol. The van der Waals surface area contributed by atoms with E-state index in [4.69, 9.17) is 0 Å². The molecule has 0 aliphatic heterocycles. The highest BCUT2D eigenvalue weighted by molar-refractivity contribution is 5.23. The van der Waals surface area contributed by atoms with Gasteiger partial charge in [0.15, 0.2) is 0 Å². The standard InChI is InChI=1S/C16H20N2O/c1-3-12-7-8-14(18-11-12)10-15(19)16-13(4-2)6-5-9-17-16/h5-9,11,15,19H,3-4,10H2,1-2H3. The molecule has 0 bridgehead atoms. The zero-order chi connectivity index (χ0) is 13.7. The van der Waals surface area contributed by atoms with E-state index in [0.717, 1.165) is 29.8 Å². The fraction of sp³-hybridized carbons (Fsp3) is 0.375.